The van der Waals surface area contributed by atoms with E-state index in [-0.39, 0.29) is 25.0 Å². The van der Waals surface area contributed by atoms with Gasteiger partial charge in [0, 0.05) is 23.1 Å². The number of methoxy groups -OCH3 is 1. The van der Waals surface area contributed by atoms with Crippen molar-refractivity contribution in [2.75, 3.05) is 20.3 Å². The van der Waals surface area contributed by atoms with Crippen molar-refractivity contribution < 1.29 is 19.1 Å². The SMILES string of the molecule is COc1ccccc1OCC(=O)N(Cc1ccc(Cl)cc1Cl)C(C)C(=O)NCC(C)C. The normalized spacial score (nSPS) is 11.7. The molecule has 0 aliphatic carbocycles. The van der Waals surface area contributed by atoms with Gasteiger partial charge in [-0.05, 0) is 42.7 Å². The molecule has 1 unspecified atom stereocenters. The summed E-state index contributed by atoms with van der Waals surface area (Å²) in [5.74, 6) is 0.651. The second-order valence-corrected chi connectivity index (χ2v) is 8.36. The summed E-state index contributed by atoms with van der Waals surface area (Å²) in [5.41, 5.74) is 0.681. The van der Waals surface area contributed by atoms with E-state index in [9.17, 15) is 9.59 Å². The second kappa shape index (κ2) is 11.8. The third-order valence-electron chi connectivity index (χ3n) is 4.63. The topological polar surface area (TPSA) is 67.9 Å². The van der Waals surface area contributed by atoms with Crippen molar-refractivity contribution in [3.05, 3.63) is 58.1 Å². The third-order valence-corrected chi connectivity index (χ3v) is 5.21. The van der Waals surface area contributed by atoms with Crippen molar-refractivity contribution in [2.45, 2.75) is 33.4 Å². The van der Waals surface area contributed by atoms with E-state index in [1.807, 2.05) is 19.9 Å². The Labute approximate surface area is 193 Å². The molecule has 6 nitrogen and oxygen atoms in total. The molecule has 0 aromatic heterocycles. The molecule has 0 aliphatic heterocycles. The van der Waals surface area contributed by atoms with Gasteiger partial charge in [-0.25, -0.2) is 0 Å². The average Bonchev–Trinajstić information content (AvgIpc) is 2.75. The number of benzene rings is 2. The Morgan fingerprint density at radius 1 is 1.06 bits per heavy atom. The molecule has 0 saturated heterocycles. The Bertz CT molecular complexity index is 905. The van der Waals surface area contributed by atoms with Gasteiger partial charge in [0.25, 0.3) is 5.91 Å². The van der Waals surface area contributed by atoms with E-state index in [0.29, 0.717) is 39.6 Å². The van der Waals surface area contributed by atoms with Crippen LogP contribution in [0.25, 0.3) is 0 Å². The predicted octanol–water partition coefficient (Wildman–Crippen LogP) is 4.57. The van der Waals surface area contributed by atoms with Gasteiger partial charge in [0.1, 0.15) is 6.04 Å². The van der Waals surface area contributed by atoms with Gasteiger partial charge in [0.05, 0.1) is 7.11 Å². The van der Waals surface area contributed by atoms with E-state index in [4.69, 9.17) is 32.7 Å². The minimum atomic E-state index is -0.723. The van der Waals surface area contributed by atoms with Crippen LogP contribution in [0, 0.1) is 5.92 Å². The fourth-order valence-electron chi connectivity index (χ4n) is 2.83. The largest absolute Gasteiger partial charge is 0.493 e. The fraction of sp³-hybridized carbons (Fsp3) is 0.391. The van der Waals surface area contributed by atoms with Crippen molar-refractivity contribution in [1.82, 2.24) is 10.2 Å². The molecule has 0 heterocycles. The summed E-state index contributed by atoms with van der Waals surface area (Å²) in [4.78, 5) is 27.2. The van der Waals surface area contributed by atoms with Crippen LogP contribution in [0.2, 0.25) is 10.0 Å². The van der Waals surface area contributed by atoms with Gasteiger partial charge in [0.15, 0.2) is 18.1 Å². The summed E-state index contributed by atoms with van der Waals surface area (Å²) in [6, 6.07) is 11.4. The maximum absolute atomic E-state index is 13.1. The molecule has 2 aromatic carbocycles. The summed E-state index contributed by atoms with van der Waals surface area (Å²) >= 11 is 12.3. The predicted molar refractivity (Wildman–Crippen MR) is 123 cm³/mol. The number of ether oxygens (including phenoxy) is 2. The van der Waals surface area contributed by atoms with Gasteiger partial charge >= 0.3 is 0 Å². The highest BCUT2D eigenvalue weighted by Gasteiger charge is 2.27. The highest BCUT2D eigenvalue weighted by molar-refractivity contribution is 6.35. The van der Waals surface area contributed by atoms with E-state index in [1.54, 1.807) is 43.3 Å². The van der Waals surface area contributed by atoms with Crippen LogP contribution in [0.4, 0.5) is 0 Å². The fourth-order valence-corrected chi connectivity index (χ4v) is 3.30. The summed E-state index contributed by atoms with van der Waals surface area (Å²) in [6.07, 6.45) is 0. The molecule has 168 valence electrons. The third kappa shape index (κ3) is 7.33. The maximum atomic E-state index is 13.1. The molecular weight excluding hydrogens is 439 g/mol. The van der Waals surface area contributed by atoms with Crippen molar-refractivity contribution >= 4 is 35.0 Å². The number of amides is 2. The highest BCUT2D eigenvalue weighted by Crippen LogP contribution is 2.26. The second-order valence-electron chi connectivity index (χ2n) is 7.51. The first-order chi connectivity index (χ1) is 14.7. The maximum Gasteiger partial charge on any atom is 0.261 e. The Hall–Kier alpha value is -2.44. The molecule has 1 N–H and O–H groups in total. The summed E-state index contributed by atoms with van der Waals surface area (Å²) in [6.45, 7) is 6.09. The van der Waals surface area contributed by atoms with Crippen LogP contribution in [0.1, 0.15) is 26.3 Å². The number of carbonyl (C=O) groups is 2. The summed E-state index contributed by atoms with van der Waals surface area (Å²) < 4.78 is 10.9. The lowest BCUT2D eigenvalue weighted by molar-refractivity contribution is -0.142. The van der Waals surface area contributed by atoms with Crippen molar-refractivity contribution in [3.63, 3.8) is 0 Å². The minimum absolute atomic E-state index is 0.139. The van der Waals surface area contributed by atoms with Gasteiger partial charge in [0.2, 0.25) is 5.91 Å². The lowest BCUT2D eigenvalue weighted by atomic mass is 10.1. The Morgan fingerprint density at radius 3 is 2.35 bits per heavy atom. The van der Waals surface area contributed by atoms with Gasteiger partial charge in [-0.3, -0.25) is 9.59 Å². The van der Waals surface area contributed by atoms with Gasteiger partial charge in [-0.1, -0.05) is 55.2 Å². The molecule has 0 fully saturated rings. The molecule has 31 heavy (non-hydrogen) atoms. The lowest BCUT2D eigenvalue weighted by Crippen LogP contribution is -2.49. The number of nitrogens with one attached hydrogen (secondary N) is 1. The smallest absolute Gasteiger partial charge is 0.261 e. The summed E-state index contributed by atoms with van der Waals surface area (Å²) in [5, 5.41) is 3.79. The lowest BCUT2D eigenvalue weighted by Gasteiger charge is -2.29. The number of hydrogen-bond donors (Lipinski definition) is 1. The first kappa shape index (κ1) is 24.8. The van der Waals surface area contributed by atoms with E-state index in [0.717, 1.165) is 0 Å². The van der Waals surface area contributed by atoms with Crippen LogP contribution in [-0.2, 0) is 16.1 Å². The molecule has 1 atom stereocenters. The van der Waals surface area contributed by atoms with Crippen LogP contribution in [0.5, 0.6) is 11.5 Å². The first-order valence-electron chi connectivity index (χ1n) is 9.99. The Kier molecular flexibility index (Phi) is 9.46. The van der Waals surface area contributed by atoms with E-state index < -0.39 is 6.04 Å². The number of halogens is 2. The molecule has 2 amide bonds. The van der Waals surface area contributed by atoms with Crippen LogP contribution in [-0.4, -0.2) is 43.0 Å². The highest BCUT2D eigenvalue weighted by atomic mass is 35.5. The molecule has 0 radical (unpaired) electrons. The number of hydrogen-bond acceptors (Lipinski definition) is 4. The average molecular weight is 467 g/mol. The monoisotopic (exact) mass is 466 g/mol. The zero-order valence-electron chi connectivity index (χ0n) is 18.2. The molecule has 8 heteroatoms. The van der Waals surface area contributed by atoms with Crippen molar-refractivity contribution in [3.8, 4) is 11.5 Å². The molecule has 2 rings (SSSR count). The quantitative estimate of drug-likeness (QED) is 0.556. The molecule has 2 aromatic rings. The number of carbonyl (C=O) groups excluding carboxylic acids is 2. The minimum Gasteiger partial charge on any atom is -0.493 e. The number of rotatable bonds is 10. The zero-order valence-corrected chi connectivity index (χ0v) is 19.7. The standard InChI is InChI=1S/C23H28Cl2N2O4/c1-15(2)12-26-23(29)16(3)27(13-17-9-10-18(24)11-19(17)25)22(28)14-31-21-8-6-5-7-20(21)30-4/h5-11,15-16H,12-14H2,1-4H3,(H,26,29). The first-order valence-corrected chi connectivity index (χ1v) is 10.8. The molecular formula is C23H28Cl2N2O4. The van der Waals surface area contributed by atoms with Gasteiger partial charge in [-0.2, -0.15) is 0 Å². The molecule has 0 bridgehead atoms. The molecule has 0 spiro atoms. The van der Waals surface area contributed by atoms with E-state index in [1.165, 1.54) is 12.0 Å². The Balaban J connectivity index is 2.20. The Morgan fingerprint density at radius 2 is 1.74 bits per heavy atom. The van der Waals surface area contributed by atoms with Gasteiger partial charge in [-0.15, -0.1) is 0 Å². The van der Waals surface area contributed by atoms with Crippen LogP contribution in [0.3, 0.4) is 0 Å². The van der Waals surface area contributed by atoms with Crippen LogP contribution in [0.15, 0.2) is 42.5 Å². The summed E-state index contributed by atoms with van der Waals surface area (Å²) in [7, 11) is 1.53. The molecule has 0 saturated carbocycles. The number of para-hydroxylation sites is 2. The van der Waals surface area contributed by atoms with Crippen molar-refractivity contribution in [1.29, 1.82) is 0 Å². The van der Waals surface area contributed by atoms with Crippen LogP contribution >= 0.6 is 23.2 Å². The van der Waals surface area contributed by atoms with E-state index in [2.05, 4.69) is 5.32 Å². The van der Waals surface area contributed by atoms with Crippen LogP contribution < -0.4 is 14.8 Å². The molecule has 0 aliphatic rings. The zero-order chi connectivity index (χ0) is 23.0. The van der Waals surface area contributed by atoms with E-state index >= 15 is 0 Å². The van der Waals surface area contributed by atoms with Crippen molar-refractivity contribution in [2.24, 2.45) is 5.92 Å². The van der Waals surface area contributed by atoms with Gasteiger partial charge < -0.3 is 19.7 Å². The number of nitrogens with zero attached hydrogens (tertiary/aromatic N) is 1.